The van der Waals surface area contributed by atoms with E-state index < -0.39 is 5.54 Å². The van der Waals surface area contributed by atoms with Crippen LogP contribution < -0.4 is 5.73 Å². The number of hydrogen-bond donors (Lipinski definition) is 2. The number of phenols is 1. The van der Waals surface area contributed by atoms with E-state index in [1.807, 2.05) is 30.5 Å². The minimum atomic E-state index is -0.805. The first-order valence-electron chi connectivity index (χ1n) is 8.69. The average molecular weight is 390 g/mol. The highest BCUT2D eigenvalue weighted by Gasteiger charge is 2.36. The summed E-state index contributed by atoms with van der Waals surface area (Å²) < 4.78 is 0.994. The van der Waals surface area contributed by atoms with Crippen LogP contribution in [0.5, 0.6) is 5.75 Å². The van der Waals surface area contributed by atoms with Crippen LogP contribution in [0, 0.1) is 11.3 Å². The van der Waals surface area contributed by atoms with Crippen molar-refractivity contribution in [2.45, 2.75) is 18.9 Å². The Kier molecular flexibility index (Phi) is 4.09. The van der Waals surface area contributed by atoms with Gasteiger partial charge >= 0.3 is 0 Å². The van der Waals surface area contributed by atoms with E-state index >= 15 is 0 Å². The smallest absolute Gasteiger partial charge is 0.231 e. The highest BCUT2D eigenvalue weighted by molar-refractivity contribution is 7.17. The predicted octanol–water partition coefficient (Wildman–Crippen LogP) is 3.54. The van der Waals surface area contributed by atoms with E-state index in [-0.39, 0.29) is 24.0 Å². The van der Waals surface area contributed by atoms with Gasteiger partial charge in [-0.15, -0.1) is 11.3 Å². The summed E-state index contributed by atoms with van der Waals surface area (Å²) in [6.07, 6.45) is 0.198. The number of thiophene rings is 1. The number of rotatable bonds is 2. The Labute approximate surface area is 166 Å². The fourth-order valence-corrected chi connectivity index (χ4v) is 4.40. The normalized spacial score (nSPS) is 19.5. The molecule has 0 aliphatic carbocycles. The largest absolute Gasteiger partial charge is 0.507 e. The molecule has 0 spiro atoms. The van der Waals surface area contributed by atoms with Gasteiger partial charge < -0.3 is 10.8 Å². The number of fused-ring (bicyclic) bond motifs is 1. The number of carbonyl (C=O) groups is 1. The van der Waals surface area contributed by atoms with Crippen LogP contribution in [-0.4, -0.2) is 28.9 Å². The lowest BCUT2D eigenvalue weighted by Gasteiger charge is -2.34. The van der Waals surface area contributed by atoms with Gasteiger partial charge in [-0.25, -0.2) is 4.99 Å². The SMILES string of the molecule is CN1C(=O)C[C@@](C)(c2cc(-c3cc(C#N)ccc3O)c3sccc3c2)N=C1N. The van der Waals surface area contributed by atoms with Crippen molar-refractivity contribution in [3.8, 4) is 22.9 Å². The van der Waals surface area contributed by atoms with Crippen molar-refractivity contribution in [3.63, 3.8) is 0 Å². The summed E-state index contributed by atoms with van der Waals surface area (Å²) in [7, 11) is 1.61. The van der Waals surface area contributed by atoms with Crippen LogP contribution in [0.1, 0.15) is 24.5 Å². The van der Waals surface area contributed by atoms with Crippen LogP contribution in [-0.2, 0) is 10.3 Å². The lowest BCUT2D eigenvalue weighted by atomic mass is 9.85. The van der Waals surface area contributed by atoms with Crippen LogP contribution in [0.25, 0.3) is 21.2 Å². The fourth-order valence-electron chi connectivity index (χ4n) is 3.49. The third-order valence-electron chi connectivity index (χ3n) is 5.16. The summed E-state index contributed by atoms with van der Waals surface area (Å²) in [6.45, 7) is 1.88. The number of phenolic OH excluding ortho intramolecular Hbond substituents is 1. The molecule has 4 rings (SSSR count). The van der Waals surface area contributed by atoms with E-state index in [9.17, 15) is 15.2 Å². The van der Waals surface area contributed by atoms with Gasteiger partial charge in [0.1, 0.15) is 5.75 Å². The van der Waals surface area contributed by atoms with Crippen LogP contribution in [0.15, 0.2) is 46.8 Å². The Morgan fingerprint density at radius 1 is 1.29 bits per heavy atom. The Hall–Kier alpha value is -3.37. The molecule has 2 heterocycles. The molecular formula is C21H18N4O2S. The first-order valence-corrected chi connectivity index (χ1v) is 9.57. The van der Waals surface area contributed by atoms with Gasteiger partial charge in [-0.2, -0.15) is 5.26 Å². The van der Waals surface area contributed by atoms with Crippen molar-refractivity contribution < 1.29 is 9.90 Å². The lowest BCUT2D eigenvalue weighted by molar-refractivity contribution is -0.128. The minimum absolute atomic E-state index is 0.0958. The summed E-state index contributed by atoms with van der Waals surface area (Å²) in [4.78, 5) is 18.3. The summed E-state index contributed by atoms with van der Waals surface area (Å²) in [5.74, 6) is 0.176. The number of amides is 1. The standard InChI is InChI=1S/C21H18N4O2S/c1-21(10-18(27)25(2)20(23)24-21)14-8-13-5-6-28-19(13)16(9-14)15-7-12(11-22)3-4-17(15)26/h3-9,26H,10H2,1-2H3,(H2,23,24)/t21-/m0/s1. The zero-order chi connectivity index (χ0) is 20.1. The quantitative estimate of drug-likeness (QED) is 0.698. The predicted molar refractivity (Wildman–Crippen MR) is 110 cm³/mol. The van der Waals surface area contributed by atoms with Gasteiger partial charge in [0.15, 0.2) is 5.96 Å². The molecule has 1 aromatic heterocycles. The number of nitrogens with two attached hydrogens (primary N) is 1. The second kappa shape index (κ2) is 6.36. The topological polar surface area (TPSA) is 103 Å². The van der Waals surface area contributed by atoms with Gasteiger partial charge in [0.25, 0.3) is 0 Å². The molecule has 0 saturated carbocycles. The molecule has 3 N–H and O–H groups in total. The van der Waals surface area contributed by atoms with Gasteiger partial charge in [-0.1, -0.05) is 0 Å². The number of aromatic hydroxyl groups is 1. The average Bonchev–Trinajstić information content (AvgIpc) is 3.14. The number of aliphatic imine (C=N–C) groups is 1. The van der Waals surface area contributed by atoms with Crippen molar-refractivity contribution >= 4 is 33.3 Å². The van der Waals surface area contributed by atoms with E-state index in [1.165, 1.54) is 11.0 Å². The number of benzene rings is 2. The molecule has 3 aromatic rings. The molecule has 0 unspecified atom stereocenters. The summed E-state index contributed by atoms with van der Waals surface area (Å²) >= 11 is 1.56. The molecule has 0 bridgehead atoms. The monoisotopic (exact) mass is 390 g/mol. The molecule has 0 fully saturated rings. The van der Waals surface area contributed by atoms with Crippen molar-refractivity contribution in [1.82, 2.24) is 4.90 Å². The molecule has 1 aliphatic heterocycles. The van der Waals surface area contributed by atoms with E-state index in [1.54, 1.807) is 30.5 Å². The van der Waals surface area contributed by atoms with Crippen LogP contribution in [0.4, 0.5) is 0 Å². The maximum atomic E-state index is 12.4. The Balaban J connectivity index is 1.97. The summed E-state index contributed by atoms with van der Waals surface area (Å²) in [5, 5.41) is 22.7. The molecule has 28 heavy (non-hydrogen) atoms. The molecule has 1 amide bonds. The Bertz CT molecular complexity index is 1190. The number of nitriles is 1. The molecule has 1 aliphatic rings. The molecule has 0 radical (unpaired) electrons. The Morgan fingerprint density at radius 3 is 2.79 bits per heavy atom. The number of hydrogen-bond acceptors (Lipinski definition) is 6. The fraction of sp³-hybridized carbons (Fsp3) is 0.190. The van der Waals surface area contributed by atoms with E-state index in [0.717, 1.165) is 21.2 Å². The molecule has 6 nitrogen and oxygen atoms in total. The highest BCUT2D eigenvalue weighted by Crippen LogP contribution is 2.42. The number of guanidine groups is 1. The van der Waals surface area contributed by atoms with Crippen molar-refractivity contribution in [1.29, 1.82) is 5.26 Å². The van der Waals surface area contributed by atoms with Gasteiger partial charge in [-0.3, -0.25) is 9.69 Å². The minimum Gasteiger partial charge on any atom is -0.507 e. The maximum Gasteiger partial charge on any atom is 0.231 e. The van der Waals surface area contributed by atoms with Crippen LogP contribution in [0.2, 0.25) is 0 Å². The van der Waals surface area contributed by atoms with E-state index in [0.29, 0.717) is 11.1 Å². The third kappa shape index (κ3) is 2.79. The number of carbonyl (C=O) groups excluding carboxylic acids is 1. The first-order chi connectivity index (χ1) is 13.3. The summed E-state index contributed by atoms with van der Waals surface area (Å²) in [5.41, 5.74) is 7.84. The zero-order valence-corrected chi connectivity index (χ0v) is 16.2. The van der Waals surface area contributed by atoms with Crippen molar-refractivity contribution in [2.24, 2.45) is 10.7 Å². The molecule has 7 heteroatoms. The molecule has 0 saturated heterocycles. The third-order valence-corrected chi connectivity index (χ3v) is 6.13. The van der Waals surface area contributed by atoms with Crippen molar-refractivity contribution in [2.75, 3.05) is 7.05 Å². The summed E-state index contributed by atoms with van der Waals surface area (Å²) in [6, 6.07) is 12.8. The van der Waals surface area contributed by atoms with Crippen molar-refractivity contribution in [3.05, 3.63) is 52.9 Å². The molecule has 2 aromatic carbocycles. The molecule has 1 atom stereocenters. The van der Waals surface area contributed by atoms with E-state index in [4.69, 9.17) is 5.73 Å². The van der Waals surface area contributed by atoms with Crippen LogP contribution in [0.3, 0.4) is 0 Å². The maximum absolute atomic E-state index is 12.4. The second-order valence-corrected chi connectivity index (χ2v) is 8.00. The van der Waals surface area contributed by atoms with Gasteiger partial charge in [-0.05, 0) is 59.7 Å². The Morgan fingerprint density at radius 2 is 2.07 bits per heavy atom. The highest BCUT2D eigenvalue weighted by atomic mass is 32.1. The zero-order valence-electron chi connectivity index (χ0n) is 15.4. The van der Waals surface area contributed by atoms with Gasteiger partial charge in [0, 0.05) is 22.9 Å². The first kappa shape index (κ1) is 18.0. The molecular weight excluding hydrogens is 372 g/mol. The van der Waals surface area contributed by atoms with Gasteiger partial charge in [0.2, 0.25) is 5.91 Å². The van der Waals surface area contributed by atoms with Gasteiger partial charge in [0.05, 0.1) is 23.6 Å². The molecule has 140 valence electrons. The van der Waals surface area contributed by atoms with Crippen LogP contribution >= 0.6 is 11.3 Å². The number of nitrogens with zero attached hydrogens (tertiary/aromatic N) is 3. The lowest BCUT2D eigenvalue weighted by Crippen LogP contribution is -2.47. The van der Waals surface area contributed by atoms with E-state index in [2.05, 4.69) is 11.1 Å². The second-order valence-electron chi connectivity index (χ2n) is 7.08.